The van der Waals surface area contributed by atoms with Crippen LogP contribution >= 0.6 is 0 Å². The third-order valence-electron chi connectivity index (χ3n) is 1.51. The van der Waals surface area contributed by atoms with Crippen molar-refractivity contribution in [2.24, 2.45) is 5.92 Å². The van der Waals surface area contributed by atoms with Gasteiger partial charge in [0.25, 0.3) is 0 Å². The molecule has 0 aliphatic carbocycles. The molecule has 1 N–H and O–H groups in total. The minimum absolute atomic E-state index is 0.330. The Morgan fingerprint density at radius 1 is 1.44 bits per heavy atom. The first-order chi connectivity index (χ1) is 4.31. The summed E-state index contributed by atoms with van der Waals surface area (Å²) in [7, 11) is 0. The van der Waals surface area contributed by atoms with Crippen LogP contribution in [0.1, 0.15) is 32.6 Å². The van der Waals surface area contributed by atoms with E-state index in [1.54, 1.807) is 0 Å². The van der Waals surface area contributed by atoms with Gasteiger partial charge in [-0.1, -0.05) is 33.1 Å². The topological polar surface area (TPSA) is 20.2 Å². The summed E-state index contributed by atoms with van der Waals surface area (Å²) in [6, 6.07) is 0. The van der Waals surface area contributed by atoms with Crippen LogP contribution in [0.5, 0.6) is 0 Å². The van der Waals surface area contributed by atoms with Gasteiger partial charge < -0.3 is 5.11 Å². The fourth-order valence-electron chi connectivity index (χ4n) is 0.761. The molecule has 0 aromatic heterocycles. The summed E-state index contributed by atoms with van der Waals surface area (Å²) >= 11 is 0. The Balaban J connectivity index is 2.88. The summed E-state index contributed by atoms with van der Waals surface area (Å²) in [5.74, 6) is 0.483. The number of aliphatic hydroxyl groups excluding tert-OH is 1. The van der Waals surface area contributed by atoms with Gasteiger partial charge in [0.15, 0.2) is 0 Å². The normalized spacial score (nSPS) is 13.7. The molecule has 0 fully saturated rings. The molecule has 0 bridgehead atoms. The van der Waals surface area contributed by atoms with Crippen molar-refractivity contribution in [3.63, 3.8) is 0 Å². The van der Waals surface area contributed by atoms with Crippen LogP contribution in [0.2, 0.25) is 0 Å². The zero-order valence-corrected chi connectivity index (χ0v) is 6.27. The van der Waals surface area contributed by atoms with Crippen LogP contribution in [-0.2, 0) is 0 Å². The molecule has 9 heavy (non-hydrogen) atoms. The lowest BCUT2D eigenvalue weighted by molar-refractivity contribution is 0.227. The van der Waals surface area contributed by atoms with Crippen molar-refractivity contribution in [2.75, 3.05) is 6.61 Å². The monoisotopic (exact) mass is 129 g/mol. The molecule has 0 aromatic carbocycles. The van der Waals surface area contributed by atoms with Crippen molar-refractivity contribution in [2.45, 2.75) is 32.6 Å². The number of hydrogen-bond donors (Lipinski definition) is 1. The Hall–Kier alpha value is -0.0400. The van der Waals surface area contributed by atoms with Gasteiger partial charge in [0.05, 0.1) is 0 Å². The second-order valence-electron chi connectivity index (χ2n) is 2.64. The predicted molar refractivity (Wildman–Crippen MR) is 40.1 cm³/mol. The number of rotatable bonds is 5. The zero-order chi connectivity index (χ0) is 7.11. The Morgan fingerprint density at radius 3 is 2.56 bits per heavy atom. The Labute approximate surface area is 58.1 Å². The lowest BCUT2D eigenvalue weighted by Crippen LogP contribution is -1.99. The zero-order valence-electron chi connectivity index (χ0n) is 6.27. The minimum atomic E-state index is 0.330. The summed E-state index contributed by atoms with van der Waals surface area (Å²) < 4.78 is 0. The fraction of sp³-hybridized carbons (Fsp3) is 0.875. The van der Waals surface area contributed by atoms with Gasteiger partial charge in [-0.15, -0.1) is 0 Å². The van der Waals surface area contributed by atoms with Crippen molar-refractivity contribution in [1.82, 2.24) is 0 Å². The molecule has 0 saturated carbocycles. The van der Waals surface area contributed by atoms with E-state index >= 15 is 0 Å². The minimum Gasteiger partial charge on any atom is -0.396 e. The molecular formula is C8H17O. The van der Waals surface area contributed by atoms with Crippen molar-refractivity contribution < 1.29 is 5.11 Å². The lowest BCUT2D eigenvalue weighted by Gasteiger charge is -2.04. The smallest absolute Gasteiger partial charge is 0.0456 e. The molecule has 1 unspecified atom stereocenters. The van der Waals surface area contributed by atoms with E-state index in [1.165, 1.54) is 12.8 Å². The third kappa shape index (κ3) is 5.84. The highest BCUT2D eigenvalue weighted by atomic mass is 16.3. The van der Waals surface area contributed by atoms with E-state index in [4.69, 9.17) is 5.11 Å². The van der Waals surface area contributed by atoms with Crippen LogP contribution < -0.4 is 0 Å². The SMILES string of the molecule is [CH2]CCCCC(C)CO. The van der Waals surface area contributed by atoms with Gasteiger partial charge in [-0.25, -0.2) is 0 Å². The molecule has 1 atom stereocenters. The molecule has 1 nitrogen and oxygen atoms in total. The summed E-state index contributed by atoms with van der Waals surface area (Å²) in [5.41, 5.74) is 0. The van der Waals surface area contributed by atoms with Gasteiger partial charge in [-0.2, -0.15) is 0 Å². The Morgan fingerprint density at radius 2 is 2.11 bits per heavy atom. The summed E-state index contributed by atoms with van der Waals surface area (Å²) in [4.78, 5) is 0. The first-order valence-corrected chi connectivity index (χ1v) is 3.71. The van der Waals surface area contributed by atoms with Crippen molar-refractivity contribution >= 4 is 0 Å². The molecule has 0 rings (SSSR count). The van der Waals surface area contributed by atoms with Crippen molar-refractivity contribution in [3.05, 3.63) is 6.92 Å². The second kappa shape index (κ2) is 6.09. The molecule has 0 heterocycles. The number of unbranched alkanes of at least 4 members (excludes halogenated alkanes) is 2. The van der Waals surface area contributed by atoms with Crippen molar-refractivity contribution in [3.8, 4) is 0 Å². The van der Waals surface area contributed by atoms with E-state index in [-0.39, 0.29) is 0 Å². The van der Waals surface area contributed by atoms with Crippen LogP contribution in [0.25, 0.3) is 0 Å². The Kier molecular flexibility index (Phi) is 6.06. The molecule has 1 radical (unpaired) electrons. The maximum atomic E-state index is 8.62. The average Bonchev–Trinajstić information content (AvgIpc) is 1.89. The van der Waals surface area contributed by atoms with Gasteiger partial charge in [0.2, 0.25) is 0 Å². The molecule has 0 aliphatic heterocycles. The predicted octanol–water partition coefficient (Wildman–Crippen LogP) is 2.01. The molecular weight excluding hydrogens is 112 g/mol. The lowest BCUT2D eigenvalue weighted by atomic mass is 10.0. The quantitative estimate of drug-likeness (QED) is 0.563. The first kappa shape index (κ1) is 8.96. The van der Waals surface area contributed by atoms with E-state index in [0.29, 0.717) is 12.5 Å². The molecule has 0 spiro atoms. The van der Waals surface area contributed by atoms with E-state index in [0.717, 1.165) is 12.8 Å². The van der Waals surface area contributed by atoms with E-state index < -0.39 is 0 Å². The van der Waals surface area contributed by atoms with Gasteiger partial charge in [0, 0.05) is 6.61 Å². The highest BCUT2D eigenvalue weighted by Gasteiger charge is 1.97. The van der Waals surface area contributed by atoms with Crippen LogP contribution in [0.4, 0.5) is 0 Å². The molecule has 0 amide bonds. The Bertz CT molecular complexity index is 52.5. The number of aliphatic hydroxyl groups is 1. The first-order valence-electron chi connectivity index (χ1n) is 3.71. The van der Waals surface area contributed by atoms with Gasteiger partial charge in [-0.3, -0.25) is 0 Å². The molecule has 55 valence electrons. The van der Waals surface area contributed by atoms with E-state index in [2.05, 4.69) is 13.8 Å². The molecule has 0 aromatic rings. The second-order valence-corrected chi connectivity index (χ2v) is 2.64. The highest BCUT2D eigenvalue weighted by Crippen LogP contribution is 2.07. The summed E-state index contributed by atoms with van der Waals surface area (Å²) in [6.07, 6.45) is 4.58. The summed E-state index contributed by atoms with van der Waals surface area (Å²) in [6.45, 7) is 6.15. The van der Waals surface area contributed by atoms with Crippen LogP contribution in [0.15, 0.2) is 0 Å². The van der Waals surface area contributed by atoms with Gasteiger partial charge in [-0.05, 0) is 12.3 Å². The van der Waals surface area contributed by atoms with Crippen LogP contribution in [0.3, 0.4) is 0 Å². The molecule has 1 heteroatoms. The third-order valence-corrected chi connectivity index (χ3v) is 1.51. The maximum Gasteiger partial charge on any atom is 0.0456 e. The van der Waals surface area contributed by atoms with Gasteiger partial charge in [0.1, 0.15) is 0 Å². The van der Waals surface area contributed by atoms with Gasteiger partial charge >= 0.3 is 0 Å². The van der Waals surface area contributed by atoms with Crippen molar-refractivity contribution in [1.29, 1.82) is 0 Å². The summed E-state index contributed by atoms with van der Waals surface area (Å²) in [5, 5.41) is 8.62. The van der Waals surface area contributed by atoms with E-state index in [1.807, 2.05) is 0 Å². The maximum absolute atomic E-state index is 8.62. The highest BCUT2D eigenvalue weighted by molar-refractivity contribution is 4.51. The number of hydrogen-bond acceptors (Lipinski definition) is 1. The fourth-order valence-corrected chi connectivity index (χ4v) is 0.761. The van der Waals surface area contributed by atoms with Crippen LogP contribution in [-0.4, -0.2) is 11.7 Å². The molecule has 0 aliphatic rings. The van der Waals surface area contributed by atoms with Crippen LogP contribution in [0, 0.1) is 12.8 Å². The average molecular weight is 129 g/mol. The standard InChI is InChI=1S/C8H17O/c1-3-4-5-6-8(2)7-9/h8-9H,1,3-7H2,2H3. The molecule has 0 saturated heterocycles. The van der Waals surface area contributed by atoms with E-state index in [9.17, 15) is 0 Å². The largest absolute Gasteiger partial charge is 0.396 e.